The maximum absolute atomic E-state index is 11.9. The van der Waals surface area contributed by atoms with E-state index in [-0.39, 0.29) is 30.9 Å². The molecule has 0 atom stereocenters. The molecule has 0 saturated heterocycles. The number of carbonyl (C=O) groups excluding carboxylic acids is 2. The summed E-state index contributed by atoms with van der Waals surface area (Å²) in [6.45, 7) is 4.63. The van der Waals surface area contributed by atoms with Gasteiger partial charge in [0.25, 0.3) is 11.5 Å². The van der Waals surface area contributed by atoms with E-state index in [1.165, 1.54) is 0 Å². The number of rotatable bonds is 7. The number of nitrogens with zero attached hydrogens (tertiary/aromatic N) is 2. The van der Waals surface area contributed by atoms with Gasteiger partial charge in [-0.25, -0.2) is 4.98 Å². The fourth-order valence-electron chi connectivity index (χ4n) is 2.36. The molecular weight excluding hydrogens is 310 g/mol. The Morgan fingerprint density at radius 3 is 2.62 bits per heavy atom. The topological polar surface area (TPSA) is 92.4 Å². The molecule has 0 aliphatic carbocycles. The molecule has 7 nitrogen and oxygen atoms in total. The molecule has 0 spiro atoms. The van der Waals surface area contributed by atoms with Gasteiger partial charge in [-0.05, 0) is 26.0 Å². The second-order valence-electron chi connectivity index (χ2n) is 5.26. The Morgan fingerprint density at radius 2 is 1.92 bits per heavy atom. The largest absolute Gasteiger partial charge is 0.456 e. The number of carbonyl (C=O) groups is 2. The van der Waals surface area contributed by atoms with Gasteiger partial charge in [-0.3, -0.25) is 14.4 Å². The van der Waals surface area contributed by atoms with Crippen LogP contribution in [0.3, 0.4) is 0 Å². The molecule has 1 aromatic carbocycles. The highest BCUT2D eigenvalue weighted by Crippen LogP contribution is 2.07. The SMILES string of the molecule is CCN(CC)C(=O)COC(=O)CCc1nc2ccccc2c(=O)[nH]1. The number of esters is 1. The Hall–Kier alpha value is -2.70. The minimum Gasteiger partial charge on any atom is -0.456 e. The maximum Gasteiger partial charge on any atom is 0.306 e. The molecule has 2 aromatic rings. The molecule has 0 fully saturated rings. The third-order valence-corrected chi connectivity index (χ3v) is 3.70. The highest BCUT2D eigenvalue weighted by Gasteiger charge is 2.13. The van der Waals surface area contributed by atoms with Crippen molar-refractivity contribution in [1.29, 1.82) is 0 Å². The molecule has 0 saturated carbocycles. The fourth-order valence-corrected chi connectivity index (χ4v) is 2.36. The molecular formula is C17H21N3O4. The summed E-state index contributed by atoms with van der Waals surface area (Å²) in [5, 5.41) is 0.508. The van der Waals surface area contributed by atoms with Crippen molar-refractivity contribution in [3.05, 3.63) is 40.4 Å². The number of likely N-dealkylation sites (N-methyl/N-ethyl adjacent to an activating group) is 1. The van der Waals surface area contributed by atoms with Gasteiger partial charge < -0.3 is 14.6 Å². The van der Waals surface area contributed by atoms with Crippen molar-refractivity contribution in [2.75, 3.05) is 19.7 Å². The average Bonchev–Trinajstić information content (AvgIpc) is 2.59. The van der Waals surface area contributed by atoms with Gasteiger partial charge in [-0.2, -0.15) is 0 Å². The molecule has 1 aromatic heterocycles. The standard InChI is InChI=1S/C17H21N3O4/c1-3-20(4-2)15(21)11-24-16(22)10-9-14-18-13-8-6-5-7-12(13)17(23)19-14/h5-8H,3-4,9-11H2,1-2H3,(H,18,19,23). The van der Waals surface area contributed by atoms with Crippen LogP contribution in [-0.2, 0) is 20.7 Å². The second kappa shape index (κ2) is 8.24. The summed E-state index contributed by atoms with van der Waals surface area (Å²) in [5.74, 6) is -0.289. The quantitative estimate of drug-likeness (QED) is 0.771. The van der Waals surface area contributed by atoms with E-state index in [0.29, 0.717) is 29.8 Å². The van der Waals surface area contributed by atoms with Crippen LogP contribution in [-0.4, -0.2) is 46.4 Å². The number of fused-ring (bicyclic) bond motifs is 1. The molecule has 0 aliphatic rings. The van der Waals surface area contributed by atoms with Gasteiger partial charge in [0.1, 0.15) is 5.82 Å². The van der Waals surface area contributed by atoms with Crippen LogP contribution in [0.15, 0.2) is 29.1 Å². The molecule has 1 amide bonds. The van der Waals surface area contributed by atoms with E-state index in [2.05, 4.69) is 9.97 Å². The summed E-state index contributed by atoms with van der Waals surface area (Å²) in [4.78, 5) is 44.0. The Morgan fingerprint density at radius 1 is 1.21 bits per heavy atom. The molecule has 24 heavy (non-hydrogen) atoms. The highest BCUT2D eigenvalue weighted by molar-refractivity contribution is 5.80. The molecule has 1 N–H and O–H groups in total. The van der Waals surface area contributed by atoms with Gasteiger partial charge in [0.15, 0.2) is 6.61 Å². The predicted octanol–water partition coefficient (Wildman–Crippen LogP) is 1.27. The van der Waals surface area contributed by atoms with Gasteiger partial charge in [0.05, 0.1) is 17.3 Å². The number of nitrogens with one attached hydrogen (secondary N) is 1. The predicted molar refractivity (Wildman–Crippen MR) is 89.6 cm³/mol. The Kier molecular flexibility index (Phi) is 6.06. The minimum absolute atomic E-state index is 0.0484. The average molecular weight is 331 g/mol. The third-order valence-electron chi connectivity index (χ3n) is 3.70. The van der Waals surface area contributed by atoms with Crippen molar-refractivity contribution in [2.24, 2.45) is 0 Å². The van der Waals surface area contributed by atoms with Crippen molar-refractivity contribution >= 4 is 22.8 Å². The number of hydrogen-bond acceptors (Lipinski definition) is 5. The van der Waals surface area contributed by atoms with Crippen LogP contribution in [0.25, 0.3) is 10.9 Å². The Balaban J connectivity index is 1.90. The lowest BCUT2D eigenvalue weighted by Crippen LogP contribution is -2.34. The third kappa shape index (κ3) is 4.41. The zero-order valence-corrected chi connectivity index (χ0v) is 13.9. The zero-order chi connectivity index (χ0) is 17.5. The first-order valence-corrected chi connectivity index (χ1v) is 7.96. The number of aromatic amines is 1. The number of ether oxygens (including phenoxy) is 1. The number of benzene rings is 1. The van der Waals surface area contributed by atoms with E-state index in [4.69, 9.17) is 4.74 Å². The second-order valence-corrected chi connectivity index (χ2v) is 5.26. The van der Waals surface area contributed by atoms with E-state index in [9.17, 15) is 14.4 Å². The number of para-hydroxylation sites is 1. The van der Waals surface area contributed by atoms with Gasteiger partial charge in [0.2, 0.25) is 0 Å². The van der Waals surface area contributed by atoms with Crippen molar-refractivity contribution < 1.29 is 14.3 Å². The van der Waals surface area contributed by atoms with Crippen molar-refractivity contribution in [3.63, 3.8) is 0 Å². The molecule has 1 heterocycles. The number of H-pyrrole nitrogens is 1. The van der Waals surface area contributed by atoms with Crippen molar-refractivity contribution in [3.8, 4) is 0 Å². The van der Waals surface area contributed by atoms with Gasteiger partial charge in [-0.15, -0.1) is 0 Å². The number of hydrogen-bond donors (Lipinski definition) is 1. The molecule has 0 aliphatic heterocycles. The molecule has 0 bridgehead atoms. The van der Waals surface area contributed by atoms with Crippen LogP contribution in [0.4, 0.5) is 0 Å². The van der Waals surface area contributed by atoms with Crippen LogP contribution < -0.4 is 5.56 Å². The molecule has 128 valence electrons. The van der Waals surface area contributed by atoms with Crippen LogP contribution in [0.5, 0.6) is 0 Å². The first-order chi connectivity index (χ1) is 11.5. The van der Waals surface area contributed by atoms with Crippen LogP contribution in [0.1, 0.15) is 26.1 Å². The van der Waals surface area contributed by atoms with Crippen LogP contribution >= 0.6 is 0 Å². The van der Waals surface area contributed by atoms with E-state index < -0.39 is 5.97 Å². The number of aryl methyl sites for hydroxylation is 1. The summed E-state index contributed by atoms with van der Waals surface area (Å²) in [7, 11) is 0. The van der Waals surface area contributed by atoms with E-state index in [0.717, 1.165) is 0 Å². The lowest BCUT2D eigenvalue weighted by atomic mass is 10.2. The molecule has 2 rings (SSSR count). The van der Waals surface area contributed by atoms with Gasteiger partial charge >= 0.3 is 5.97 Å². The molecule has 7 heteroatoms. The lowest BCUT2D eigenvalue weighted by Gasteiger charge is -2.18. The Labute approximate surface area is 139 Å². The normalized spacial score (nSPS) is 10.6. The summed E-state index contributed by atoms with van der Waals surface area (Å²) in [6, 6.07) is 7.00. The summed E-state index contributed by atoms with van der Waals surface area (Å²) >= 11 is 0. The summed E-state index contributed by atoms with van der Waals surface area (Å²) in [5.41, 5.74) is 0.349. The fraction of sp³-hybridized carbons (Fsp3) is 0.412. The summed E-state index contributed by atoms with van der Waals surface area (Å²) < 4.78 is 4.98. The van der Waals surface area contributed by atoms with E-state index >= 15 is 0 Å². The number of aromatic nitrogens is 2. The first-order valence-electron chi connectivity index (χ1n) is 7.96. The first kappa shape index (κ1) is 17.7. The monoisotopic (exact) mass is 331 g/mol. The highest BCUT2D eigenvalue weighted by atomic mass is 16.5. The van der Waals surface area contributed by atoms with Gasteiger partial charge in [0, 0.05) is 19.5 Å². The molecule has 0 radical (unpaired) electrons. The van der Waals surface area contributed by atoms with Crippen LogP contribution in [0, 0.1) is 0 Å². The van der Waals surface area contributed by atoms with Crippen molar-refractivity contribution in [1.82, 2.24) is 14.9 Å². The number of amides is 1. The summed E-state index contributed by atoms with van der Waals surface area (Å²) in [6.07, 6.45) is 0.297. The van der Waals surface area contributed by atoms with Crippen LogP contribution in [0.2, 0.25) is 0 Å². The van der Waals surface area contributed by atoms with Gasteiger partial charge in [-0.1, -0.05) is 12.1 Å². The maximum atomic E-state index is 11.9. The van der Waals surface area contributed by atoms with E-state index in [1.807, 2.05) is 13.8 Å². The smallest absolute Gasteiger partial charge is 0.306 e. The lowest BCUT2D eigenvalue weighted by molar-refractivity contribution is -0.151. The zero-order valence-electron chi connectivity index (χ0n) is 13.9. The van der Waals surface area contributed by atoms with Crippen molar-refractivity contribution in [2.45, 2.75) is 26.7 Å². The Bertz CT molecular complexity index is 781. The minimum atomic E-state index is -0.494. The van der Waals surface area contributed by atoms with E-state index in [1.54, 1.807) is 29.2 Å². The molecule has 0 unspecified atom stereocenters.